The van der Waals surface area contributed by atoms with Crippen molar-refractivity contribution in [2.75, 3.05) is 26.2 Å². The molecule has 5 heteroatoms. The summed E-state index contributed by atoms with van der Waals surface area (Å²) in [5.41, 5.74) is 0. The van der Waals surface area contributed by atoms with Crippen LogP contribution in [0.15, 0.2) is 0 Å². The molecule has 0 radical (unpaired) electrons. The van der Waals surface area contributed by atoms with Crippen molar-refractivity contribution in [3.63, 3.8) is 0 Å². The van der Waals surface area contributed by atoms with Crippen LogP contribution in [-0.4, -0.2) is 32.2 Å². The molecule has 0 aliphatic rings. The van der Waals surface area contributed by atoms with E-state index in [1.807, 2.05) is 0 Å². The number of ether oxygens (including phenoxy) is 1. The summed E-state index contributed by atoms with van der Waals surface area (Å²) in [6.07, 6.45) is 0.185. The molecule has 4 nitrogen and oxygen atoms in total. The maximum absolute atomic E-state index is 10.5. The highest BCUT2D eigenvalue weighted by Crippen LogP contribution is 1.88. The predicted molar refractivity (Wildman–Crippen MR) is 39.3 cm³/mol. The number of alkyl halides is 1. The summed E-state index contributed by atoms with van der Waals surface area (Å²) in [5, 5.41) is 0. The number of carbonyl (C=O) groups is 1. The Balaban J connectivity index is 3.04. The van der Waals surface area contributed by atoms with Crippen molar-refractivity contribution in [2.24, 2.45) is 0 Å². The first-order chi connectivity index (χ1) is 5.31. The van der Waals surface area contributed by atoms with E-state index < -0.39 is 5.97 Å². The van der Waals surface area contributed by atoms with Crippen LogP contribution in [0.2, 0.25) is 0 Å². The Morgan fingerprint density at radius 3 is 2.73 bits per heavy atom. The van der Waals surface area contributed by atoms with Crippen LogP contribution in [0.25, 0.3) is 0 Å². The molecule has 0 atom stereocenters. The summed E-state index contributed by atoms with van der Waals surface area (Å²) in [6, 6.07) is 0. The van der Waals surface area contributed by atoms with E-state index >= 15 is 0 Å². The van der Waals surface area contributed by atoms with Crippen molar-refractivity contribution in [3.05, 3.63) is 0 Å². The molecule has 0 N–H and O–H groups in total. The van der Waals surface area contributed by atoms with Crippen LogP contribution < -0.4 is 0 Å². The van der Waals surface area contributed by atoms with Crippen molar-refractivity contribution >= 4 is 17.6 Å². The van der Waals surface area contributed by atoms with Gasteiger partial charge in [0, 0.05) is 5.88 Å². The molecule has 0 saturated heterocycles. The van der Waals surface area contributed by atoms with E-state index in [2.05, 4.69) is 9.78 Å². The molecular formula is C6H11ClO4. The monoisotopic (exact) mass is 182 g/mol. The Morgan fingerprint density at radius 1 is 1.45 bits per heavy atom. The number of rotatable bonds is 6. The molecule has 0 spiro atoms. The first-order valence-electron chi connectivity index (χ1n) is 3.18. The number of halogens is 1. The predicted octanol–water partition coefficient (Wildman–Crippen LogP) is 0.736. The van der Waals surface area contributed by atoms with E-state index in [0.29, 0.717) is 19.1 Å². The molecule has 0 unspecified atom stereocenters. The van der Waals surface area contributed by atoms with E-state index in [1.54, 1.807) is 0 Å². The van der Waals surface area contributed by atoms with Gasteiger partial charge in [0.25, 0.3) is 0 Å². The van der Waals surface area contributed by atoms with Gasteiger partial charge in [-0.3, -0.25) is 4.89 Å². The van der Waals surface area contributed by atoms with Gasteiger partial charge in [-0.25, -0.2) is 4.79 Å². The quantitative estimate of drug-likeness (QED) is 0.263. The number of carbonyl (C=O) groups excluding carboxylic acids is 1. The molecular weight excluding hydrogens is 172 g/mol. The maximum atomic E-state index is 10.5. The summed E-state index contributed by atoms with van der Waals surface area (Å²) >= 11 is 5.31. The first-order valence-corrected chi connectivity index (χ1v) is 3.72. The Labute approximate surface area is 70.3 Å². The topological polar surface area (TPSA) is 44.8 Å². The summed E-state index contributed by atoms with van der Waals surface area (Å²) < 4.78 is 4.91. The molecule has 0 bridgehead atoms. The minimum absolute atomic E-state index is 0.185. The van der Waals surface area contributed by atoms with Crippen molar-refractivity contribution in [3.8, 4) is 0 Å². The Bertz CT molecular complexity index is 107. The van der Waals surface area contributed by atoms with Gasteiger partial charge in [0.2, 0.25) is 0 Å². The summed E-state index contributed by atoms with van der Waals surface area (Å²) in [4.78, 5) is 18.8. The fraction of sp³-hybridized carbons (Fsp3) is 0.833. The second-order valence-corrected chi connectivity index (χ2v) is 2.05. The van der Waals surface area contributed by atoms with Crippen molar-refractivity contribution in [1.82, 2.24) is 0 Å². The maximum Gasteiger partial charge on any atom is 0.344 e. The van der Waals surface area contributed by atoms with E-state index in [4.69, 9.17) is 16.3 Å². The second-order valence-electron chi connectivity index (χ2n) is 1.67. The first kappa shape index (κ1) is 10.7. The van der Waals surface area contributed by atoms with Gasteiger partial charge in [-0.1, -0.05) is 0 Å². The standard InChI is InChI=1S/C6H11ClO4/c1-9-11-6(8)2-4-10-5-3-7/h2-5H2,1H3. The summed E-state index contributed by atoms with van der Waals surface area (Å²) in [6.45, 7) is 0.761. The minimum atomic E-state index is -0.443. The zero-order valence-corrected chi connectivity index (χ0v) is 7.10. The van der Waals surface area contributed by atoms with Crippen LogP contribution in [-0.2, 0) is 19.3 Å². The fourth-order valence-electron chi connectivity index (χ4n) is 0.447. The highest BCUT2D eigenvalue weighted by atomic mass is 35.5. The minimum Gasteiger partial charge on any atom is -0.380 e. The van der Waals surface area contributed by atoms with E-state index in [1.165, 1.54) is 7.11 Å². The van der Waals surface area contributed by atoms with Gasteiger partial charge in [-0.05, 0) is 0 Å². The van der Waals surface area contributed by atoms with Crippen LogP contribution >= 0.6 is 11.6 Å². The largest absolute Gasteiger partial charge is 0.380 e. The van der Waals surface area contributed by atoms with Crippen LogP contribution in [0.3, 0.4) is 0 Å². The van der Waals surface area contributed by atoms with Gasteiger partial charge in [0.1, 0.15) is 0 Å². The third-order valence-electron chi connectivity index (χ3n) is 0.848. The fourth-order valence-corrected chi connectivity index (χ4v) is 0.556. The molecule has 0 fully saturated rings. The molecule has 0 saturated carbocycles. The van der Waals surface area contributed by atoms with Crippen molar-refractivity contribution < 1.29 is 19.3 Å². The van der Waals surface area contributed by atoms with Crippen LogP contribution in [0.4, 0.5) is 0 Å². The van der Waals surface area contributed by atoms with Gasteiger partial charge in [0.05, 0.1) is 26.7 Å². The Kier molecular flexibility index (Phi) is 7.56. The number of hydrogen-bond acceptors (Lipinski definition) is 4. The normalized spacial score (nSPS) is 9.64. The van der Waals surface area contributed by atoms with Crippen molar-refractivity contribution in [2.45, 2.75) is 6.42 Å². The second kappa shape index (κ2) is 7.78. The van der Waals surface area contributed by atoms with Crippen molar-refractivity contribution in [1.29, 1.82) is 0 Å². The van der Waals surface area contributed by atoms with E-state index in [-0.39, 0.29) is 6.42 Å². The highest BCUT2D eigenvalue weighted by molar-refractivity contribution is 6.17. The Hall–Kier alpha value is -0.320. The van der Waals surface area contributed by atoms with Gasteiger partial charge in [-0.2, -0.15) is 4.89 Å². The highest BCUT2D eigenvalue weighted by Gasteiger charge is 2.01. The van der Waals surface area contributed by atoms with Gasteiger partial charge < -0.3 is 4.74 Å². The molecule has 0 rings (SSSR count). The smallest absolute Gasteiger partial charge is 0.344 e. The number of hydrogen-bond donors (Lipinski definition) is 0. The molecule has 0 aliphatic heterocycles. The average Bonchev–Trinajstić information content (AvgIpc) is 1.99. The molecule has 0 aromatic heterocycles. The van der Waals surface area contributed by atoms with Gasteiger partial charge in [0.15, 0.2) is 0 Å². The third kappa shape index (κ3) is 7.58. The molecule has 66 valence electrons. The molecule has 0 aliphatic carbocycles. The average molecular weight is 183 g/mol. The molecule has 0 aromatic rings. The lowest BCUT2D eigenvalue weighted by Crippen LogP contribution is -2.08. The SMILES string of the molecule is COOC(=O)CCOCCCl. The summed E-state index contributed by atoms with van der Waals surface area (Å²) in [5.74, 6) is -0.0126. The third-order valence-corrected chi connectivity index (χ3v) is 1.00. The lowest BCUT2D eigenvalue weighted by molar-refractivity contribution is -0.255. The van der Waals surface area contributed by atoms with Gasteiger partial charge >= 0.3 is 5.97 Å². The zero-order valence-electron chi connectivity index (χ0n) is 6.34. The van der Waals surface area contributed by atoms with Crippen LogP contribution in [0.1, 0.15) is 6.42 Å². The Morgan fingerprint density at radius 2 is 2.18 bits per heavy atom. The molecule has 11 heavy (non-hydrogen) atoms. The van der Waals surface area contributed by atoms with E-state index in [0.717, 1.165) is 0 Å². The van der Waals surface area contributed by atoms with Crippen LogP contribution in [0, 0.1) is 0 Å². The molecule has 0 amide bonds. The molecule has 0 heterocycles. The lowest BCUT2D eigenvalue weighted by atomic mass is 10.5. The van der Waals surface area contributed by atoms with E-state index in [9.17, 15) is 4.79 Å². The molecule has 0 aromatic carbocycles. The van der Waals surface area contributed by atoms with Gasteiger partial charge in [-0.15, -0.1) is 11.6 Å². The van der Waals surface area contributed by atoms with Crippen LogP contribution in [0.5, 0.6) is 0 Å². The lowest BCUT2D eigenvalue weighted by Gasteiger charge is -2.00. The summed E-state index contributed by atoms with van der Waals surface area (Å²) in [7, 11) is 1.28. The zero-order chi connectivity index (χ0) is 8.53.